The van der Waals surface area contributed by atoms with Gasteiger partial charge in [0.2, 0.25) is 5.91 Å². The highest BCUT2D eigenvalue weighted by atomic mass is 127. The smallest absolute Gasteiger partial charge is 0.246 e. The Bertz CT molecular complexity index is 623. The zero-order valence-electron chi connectivity index (χ0n) is 16.1. The average Bonchev–Trinajstić information content (AvgIpc) is 2.64. The minimum Gasteiger partial charge on any atom is -0.396 e. The van der Waals surface area contributed by atoms with E-state index in [1.54, 1.807) is 24.3 Å². The first-order valence-electron chi connectivity index (χ1n) is 9.12. The van der Waals surface area contributed by atoms with Gasteiger partial charge in [-0.3, -0.25) is 4.79 Å². The zero-order valence-corrected chi connectivity index (χ0v) is 18.5. The van der Waals surface area contributed by atoms with Crippen LogP contribution in [0, 0.1) is 18.3 Å². The number of hydrogen-bond acceptors (Lipinski definition) is 3. The van der Waals surface area contributed by atoms with Crippen molar-refractivity contribution in [2.45, 2.75) is 33.1 Å². The fourth-order valence-corrected chi connectivity index (χ4v) is 2.56. The van der Waals surface area contributed by atoms with Crippen LogP contribution in [0.15, 0.2) is 29.3 Å². The maximum absolute atomic E-state index is 12.1. The van der Waals surface area contributed by atoms with E-state index in [1.165, 1.54) is 0 Å². The largest absolute Gasteiger partial charge is 0.396 e. The van der Waals surface area contributed by atoms with Gasteiger partial charge in [0.1, 0.15) is 6.54 Å². The van der Waals surface area contributed by atoms with E-state index >= 15 is 0 Å². The molecular weight excluding hydrogens is 455 g/mol. The van der Waals surface area contributed by atoms with Crippen LogP contribution in [0.4, 0.5) is 5.69 Å². The molecule has 0 saturated heterocycles. The summed E-state index contributed by atoms with van der Waals surface area (Å²) in [6.07, 6.45) is 8.23. The van der Waals surface area contributed by atoms with Crippen molar-refractivity contribution in [3.05, 3.63) is 29.8 Å². The molecule has 0 heterocycles. The number of carbonyl (C=O) groups excluding carboxylic acids is 1. The molecule has 27 heavy (non-hydrogen) atoms. The molecule has 1 aromatic rings. The van der Waals surface area contributed by atoms with Gasteiger partial charge in [0.25, 0.3) is 0 Å². The monoisotopic (exact) mass is 486 g/mol. The van der Waals surface area contributed by atoms with Crippen LogP contribution in [0.25, 0.3) is 0 Å². The quantitative estimate of drug-likeness (QED) is 0.177. The van der Waals surface area contributed by atoms with Crippen LogP contribution in [0.5, 0.6) is 0 Å². The first-order valence-corrected chi connectivity index (χ1v) is 9.12. The molecule has 0 aliphatic heterocycles. The Kier molecular flexibility index (Phi) is 14.3. The van der Waals surface area contributed by atoms with E-state index in [-0.39, 0.29) is 43.0 Å². The van der Waals surface area contributed by atoms with Gasteiger partial charge in [0, 0.05) is 30.9 Å². The number of aliphatic hydroxyl groups excluding tert-OH is 1. The summed E-state index contributed by atoms with van der Waals surface area (Å²) in [5.41, 5.74) is 1.37. The molecule has 0 radical (unpaired) electrons. The highest BCUT2D eigenvalue weighted by molar-refractivity contribution is 14.0. The lowest BCUT2D eigenvalue weighted by atomic mass is 10.0. The summed E-state index contributed by atoms with van der Waals surface area (Å²) in [6.45, 7) is 5.71. The Hall–Kier alpha value is -1.79. The van der Waals surface area contributed by atoms with Crippen LogP contribution in [0.3, 0.4) is 0 Å². The summed E-state index contributed by atoms with van der Waals surface area (Å²) >= 11 is 0. The Morgan fingerprint density at radius 3 is 2.70 bits per heavy atom. The number of hydrogen-bond donors (Lipinski definition) is 4. The molecule has 0 aliphatic rings. The van der Waals surface area contributed by atoms with E-state index < -0.39 is 0 Å². The molecule has 4 N–H and O–H groups in total. The molecule has 0 aromatic heterocycles. The molecule has 1 unspecified atom stereocenters. The van der Waals surface area contributed by atoms with Crippen molar-refractivity contribution in [1.82, 2.24) is 10.6 Å². The molecule has 150 valence electrons. The summed E-state index contributed by atoms with van der Waals surface area (Å²) in [5.74, 6) is 3.31. The molecule has 1 amide bonds. The number of amides is 1. The van der Waals surface area contributed by atoms with Crippen LogP contribution in [-0.2, 0) is 4.79 Å². The zero-order chi connectivity index (χ0) is 19.2. The molecule has 0 bridgehead atoms. The first kappa shape index (κ1) is 25.2. The van der Waals surface area contributed by atoms with Crippen molar-refractivity contribution < 1.29 is 9.90 Å². The maximum Gasteiger partial charge on any atom is 0.246 e. The molecule has 6 nitrogen and oxygen atoms in total. The molecule has 0 spiro atoms. The fraction of sp³-hybridized carbons (Fsp3) is 0.500. The first-order chi connectivity index (χ1) is 12.6. The van der Waals surface area contributed by atoms with Crippen LogP contribution in [-0.4, -0.2) is 43.2 Å². The van der Waals surface area contributed by atoms with Gasteiger partial charge in [-0.1, -0.05) is 25.3 Å². The molecule has 0 saturated carbocycles. The summed E-state index contributed by atoms with van der Waals surface area (Å²) in [4.78, 5) is 16.4. The van der Waals surface area contributed by atoms with Crippen molar-refractivity contribution in [3.8, 4) is 12.3 Å². The van der Waals surface area contributed by atoms with Gasteiger partial charge in [-0.05, 0) is 43.9 Å². The van der Waals surface area contributed by atoms with E-state index in [1.807, 2.05) is 6.92 Å². The van der Waals surface area contributed by atoms with Crippen molar-refractivity contribution >= 4 is 41.5 Å². The lowest BCUT2D eigenvalue weighted by molar-refractivity contribution is -0.114. The number of guanidine groups is 1. The minimum absolute atomic E-state index is 0. The molecule has 7 heteroatoms. The Labute approximate surface area is 179 Å². The standard InChI is InChI=1S/C20H30N4O2.HI/c1-4-8-17(11-12-25)14-22-20(21-6-3)23-15-19(26)24-18-10-7-9-16(5-2)13-18;/h2,7,9-10,13,17,25H,4,6,8,11-12,14-15H2,1,3H3,(H,24,26)(H2,21,22,23);1H. The van der Waals surface area contributed by atoms with Gasteiger partial charge in [-0.15, -0.1) is 30.4 Å². The predicted molar refractivity (Wildman–Crippen MR) is 123 cm³/mol. The van der Waals surface area contributed by atoms with Gasteiger partial charge in [-0.25, -0.2) is 4.99 Å². The second kappa shape index (κ2) is 15.3. The highest BCUT2D eigenvalue weighted by Crippen LogP contribution is 2.10. The highest BCUT2D eigenvalue weighted by Gasteiger charge is 2.09. The maximum atomic E-state index is 12.1. The Balaban J connectivity index is 0.00000676. The van der Waals surface area contributed by atoms with Crippen molar-refractivity contribution in [1.29, 1.82) is 0 Å². The van der Waals surface area contributed by atoms with Crippen LogP contribution >= 0.6 is 24.0 Å². The van der Waals surface area contributed by atoms with E-state index in [0.29, 0.717) is 36.2 Å². The van der Waals surface area contributed by atoms with E-state index in [9.17, 15) is 4.79 Å². The molecule has 0 fully saturated rings. The van der Waals surface area contributed by atoms with Crippen molar-refractivity contribution in [3.63, 3.8) is 0 Å². The van der Waals surface area contributed by atoms with E-state index in [0.717, 1.165) is 19.3 Å². The van der Waals surface area contributed by atoms with Crippen LogP contribution < -0.4 is 16.0 Å². The Morgan fingerprint density at radius 1 is 1.30 bits per heavy atom. The third-order valence-electron chi connectivity index (χ3n) is 3.83. The number of nitrogens with zero attached hydrogens (tertiary/aromatic N) is 1. The fourth-order valence-electron chi connectivity index (χ4n) is 2.56. The van der Waals surface area contributed by atoms with E-state index in [2.05, 4.69) is 33.8 Å². The summed E-state index contributed by atoms with van der Waals surface area (Å²) < 4.78 is 0. The molecule has 1 rings (SSSR count). The predicted octanol–water partition coefficient (Wildman–Crippen LogP) is 2.58. The molecule has 1 aromatic carbocycles. The number of anilines is 1. The number of carbonyl (C=O) groups is 1. The summed E-state index contributed by atoms with van der Waals surface area (Å²) in [6, 6.07) is 7.14. The normalized spacial score (nSPS) is 11.7. The molecule has 1 atom stereocenters. The minimum atomic E-state index is -0.211. The second-order valence-corrected chi connectivity index (χ2v) is 6.02. The third-order valence-corrected chi connectivity index (χ3v) is 3.83. The number of halogens is 1. The number of nitrogens with one attached hydrogen (secondary N) is 3. The number of aliphatic imine (C=N–C) groups is 1. The molecular formula is C20H31IN4O2. The lowest BCUT2D eigenvalue weighted by Crippen LogP contribution is -2.40. The number of terminal acetylenes is 1. The number of aliphatic hydroxyl groups is 1. The second-order valence-electron chi connectivity index (χ2n) is 6.02. The van der Waals surface area contributed by atoms with Gasteiger partial charge in [0.05, 0.1) is 0 Å². The average molecular weight is 486 g/mol. The van der Waals surface area contributed by atoms with Crippen molar-refractivity contribution in [2.75, 3.05) is 31.6 Å². The number of benzene rings is 1. The van der Waals surface area contributed by atoms with Gasteiger partial charge < -0.3 is 21.1 Å². The van der Waals surface area contributed by atoms with Crippen LogP contribution in [0.1, 0.15) is 38.7 Å². The SMILES string of the molecule is C#Cc1cccc(NC(=O)CN=C(NCC)NCC(CCC)CCO)c1.I. The van der Waals surface area contributed by atoms with Gasteiger partial charge in [-0.2, -0.15) is 0 Å². The van der Waals surface area contributed by atoms with Crippen LogP contribution in [0.2, 0.25) is 0 Å². The number of rotatable bonds is 10. The van der Waals surface area contributed by atoms with Crippen molar-refractivity contribution in [2.24, 2.45) is 10.9 Å². The van der Waals surface area contributed by atoms with Gasteiger partial charge >= 0.3 is 0 Å². The lowest BCUT2D eigenvalue weighted by Gasteiger charge is -2.18. The summed E-state index contributed by atoms with van der Waals surface area (Å²) in [5, 5.41) is 18.3. The Morgan fingerprint density at radius 2 is 2.07 bits per heavy atom. The van der Waals surface area contributed by atoms with Gasteiger partial charge in [0.15, 0.2) is 5.96 Å². The van der Waals surface area contributed by atoms with E-state index in [4.69, 9.17) is 11.5 Å². The molecule has 0 aliphatic carbocycles. The third kappa shape index (κ3) is 10.8. The topological polar surface area (TPSA) is 85.8 Å². The summed E-state index contributed by atoms with van der Waals surface area (Å²) in [7, 11) is 0.